The Hall–Kier alpha value is -2.56. The molecular weight excluding hydrogens is 281 g/mol. The molecule has 116 valence electrons. The summed E-state index contributed by atoms with van der Waals surface area (Å²) >= 11 is 0. The minimum atomic E-state index is -0.227. The first kappa shape index (κ1) is 15.8. The van der Waals surface area contributed by atoms with E-state index in [1.165, 1.54) is 6.07 Å². The number of methoxy groups -OCH3 is 1. The molecule has 2 rings (SSSR count). The molecule has 0 spiro atoms. The molecule has 0 aliphatic heterocycles. The molecule has 0 aromatic heterocycles. The highest BCUT2D eigenvalue weighted by Gasteiger charge is 2.05. The van der Waals surface area contributed by atoms with Gasteiger partial charge in [-0.3, -0.25) is 4.99 Å². The van der Waals surface area contributed by atoms with Crippen LogP contribution in [0.2, 0.25) is 0 Å². The summed E-state index contributed by atoms with van der Waals surface area (Å²) in [6.45, 7) is 0.944. The minimum Gasteiger partial charge on any atom is -0.496 e. The summed E-state index contributed by atoms with van der Waals surface area (Å²) in [5, 5.41) is 6.28. The Kier molecular flexibility index (Phi) is 5.77. The summed E-state index contributed by atoms with van der Waals surface area (Å²) in [6.07, 6.45) is 0. The number of nitrogens with zero attached hydrogens (tertiary/aromatic N) is 1. The van der Waals surface area contributed by atoms with Crippen LogP contribution in [0.5, 0.6) is 5.75 Å². The van der Waals surface area contributed by atoms with Crippen LogP contribution in [0.15, 0.2) is 53.5 Å². The van der Waals surface area contributed by atoms with Crippen molar-refractivity contribution in [3.05, 3.63) is 65.5 Å². The second-order valence-electron chi connectivity index (χ2n) is 4.68. The molecule has 0 fully saturated rings. The number of hydrogen-bond donors (Lipinski definition) is 2. The van der Waals surface area contributed by atoms with E-state index in [9.17, 15) is 4.39 Å². The van der Waals surface area contributed by atoms with E-state index in [0.29, 0.717) is 24.6 Å². The Balaban J connectivity index is 1.92. The van der Waals surface area contributed by atoms with Crippen LogP contribution >= 0.6 is 0 Å². The highest BCUT2D eigenvalue weighted by atomic mass is 19.1. The van der Waals surface area contributed by atoms with Crippen LogP contribution in [-0.2, 0) is 13.1 Å². The Morgan fingerprint density at radius 3 is 2.23 bits per heavy atom. The maximum Gasteiger partial charge on any atom is 0.191 e. The van der Waals surface area contributed by atoms with E-state index in [1.54, 1.807) is 26.3 Å². The van der Waals surface area contributed by atoms with Crippen LogP contribution < -0.4 is 15.4 Å². The van der Waals surface area contributed by atoms with Gasteiger partial charge in [0.25, 0.3) is 0 Å². The normalized spacial score (nSPS) is 11.1. The second kappa shape index (κ2) is 8.02. The Bertz CT molecular complexity index is 643. The van der Waals surface area contributed by atoms with Crippen molar-refractivity contribution < 1.29 is 9.13 Å². The van der Waals surface area contributed by atoms with Gasteiger partial charge in [0.15, 0.2) is 5.96 Å². The van der Waals surface area contributed by atoms with Crippen LogP contribution in [-0.4, -0.2) is 20.1 Å². The van der Waals surface area contributed by atoms with Crippen LogP contribution in [0.25, 0.3) is 0 Å². The van der Waals surface area contributed by atoms with E-state index in [0.717, 1.165) is 11.3 Å². The first-order chi connectivity index (χ1) is 10.7. The van der Waals surface area contributed by atoms with Crippen molar-refractivity contribution in [1.29, 1.82) is 0 Å². The number of para-hydroxylation sites is 1. The lowest BCUT2D eigenvalue weighted by Crippen LogP contribution is -2.36. The first-order valence-corrected chi connectivity index (χ1v) is 7.04. The van der Waals surface area contributed by atoms with E-state index < -0.39 is 0 Å². The summed E-state index contributed by atoms with van der Waals surface area (Å²) < 4.78 is 18.9. The van der Waals surface area contributed by atoms with E-state index in [1.807, 2.05) is 30.3 Å². The molecule has 0 saturated carbocycles. The number of nitrogens with one attached hydrogen (secondary N) is 2. The lowest BCUT2D eigenvalue weighted by atomic mass is 10.2. The number of rotatable bonds is 5. The van der Waals surface area contributed by atoms with Gasteiger partial charge in [0.2, 0.25) is 0 Å². The van der Waals surface area contributed by atoms with Gasteiger partial charge in [0.05, 0.1) is 7.11 Å². The van der Waals surface area contributed by atoms with Crippen molar-refractivity contribution in [3.63, 3.8) is 0 Å². The van der Waals surface area contributed by atoms with E-state index in [4.69, 9.17) is 4.74 Å². The van der Waals surface area contributed by atoms with Crippen molar-refractivity contribution in [1.82, 2.24) is 10.6 Å². The molecule has 0 aliphatic carbocycles. The van der Waals surface area contributed by atoms with E-state index in [2.05, 4.69) is 15.6 Å². The van der Waals surface area contributed by atoms with Crippen molar-refractivity contribution in [2.75, 3.05) is 14.2 Å². The number of hydrogen-bond acceptors (Lipinski definition) is 2. The fourth-order valence-electron chi connectivity index (χ4n) is 2.07. The van der Waals surface area contributed by atoms with Gasteiger partial charge in [0, 0.05) is 31.3 Å². The van der Waals surface area contributed by atoms with Crippen LogP contribution in [0.3, 0.4) is 0 Å². The summed E-state index contributed by atoms with van der Waals surface area (Å²) in [5.41, 5.74) is 1.63. The third-order valence-corrected chi connectivity index (χ3v) is 3.27. The molecule has 0 amide bonds. The molecule has 0 radical (unpaired) electrons. The maximum atomic E-state index is 13.6. The summed E-state index contributed by atoms with van der Waals surface area (Å²) in [4.78, 5) is 4.13. The molecule has 2 aromatic carbocycles. The summed E-state index contributed by atoms with van der Waals surface area (Å²) in [7, 11) is 3.32. The van der Waals surface area contributed by atoms with E-state index in [-0.39, 0.29) is 5.82 Å². The van der Waals surface area contributed by atoms with Gasteiger partial charge in [-0.2, -0.15) is 0 Å². The van der Waals surface area contributed by atoms with Gasteiger partial charge in [-0.25, -0.2) is 4.39 Å². The van der Waals surface area contributed by atoms with Gasteiger partial charge >= 0.3 is 0 Å². The van der Waals surface area contributed by atoms with Crippen molar-refractivity contribution in [2.24, 2.45) is 4.99 Å². The third-order valence-electron chi connectivity index (χ3n) is 3.27. The average molecular weight is 301 g/mol. The zero-order valence-corrected chi connectivity index (χ0v) is 12.8. The standard InChI is InChI=1S/C17H20FN3O/c1-19-17(20-11-13-7-3-5-9-15(13)18)21-12-14-8-4-6-10-16(14)22-2/h3-10H,11-12H2,1-2H3,(H2,19,20,21). The number of guanidine groups is 1. The topological polar surface area (TPSA) is 45.7 Å². The minimum absolute atomic E-state index is 0.227. The fraction of sp³-hybridized carbons (Fsp3) is 0.235. The van der Waals surface area contributed by atoms with Crippen LogP contribution in [0.4, 0.5) is 4.39 Å². The lowest BCUT2D eigenvalue weighted by Gasteiger charge is -2.14. The quantitative estimate of drug-likeness (QED) is 0.659. The Morgan fingerprint density at radius 1 is 1.00 bits per heavy atom. The largest absolute Gasteiger partial charge is 0.496 e. The molecule has 0 unspecified atom stereocenters. The van der Waals surface area contributed by atoms with Gasteiger partial charge in [-0.1, -0.05) is 36.4 Å². The summed E-state index contributed by atoms with van der Waals surface area (Å²) in [6, 6.07) is 14.4. The molecule has 0 aliphatic rings. The maximum absolute atomic E-state index is 13.6. The molecule has 0 saturated heterocycles. The highest BCUT2D eigenvalue weighted by Crippen LogP contribution is 2.16. The van der Waals surface area contributed by atoms with Gasteiger partial charge in [0.1, 0.15) is 11.6 Å². The molecule has 0 heterocycles. The van der Waals surface area contributed by atoms with Crippen molar-refractivity contribution in [3.8, 4) is 5.75 Å². The van der Waals surface area contributed by atoms with Gasteiger partial charge in [-0.05, 0) is 12.1 Å². The van der Waals surface area contributed by atoms with Crippen molar-refractivity contribution in [2.45, 2.75) is 13.1 Å². The SMILES string of the molecule is CN=C(NCc1ccccc1F)NCc1ccccc1OC. The Labute approximate surface area is 130 Å². The van der Waals surface area contributed by atoms with Crippen LogP contribution in [0, 0.1) is 5.82 Å². The Morgan fingerprint density at radius 2 is 1.59 bits per heavy atom. The van der Waals surface area contributed by atoms with Crippen molar-refractivity contribution >= 4 is 5.96 Å². The number of aliphatic imine (C=N–C) groups is 1. The molecule has 0 bridgehead atoms. The van der Waals surface area contributed by atoms with Crippen LogP contribution in [0.1, 0.15) is 11.1 Å². The van der Waals surface area contributed by atoms with Gasteiger partial charge in [-0.15, -0.1) is 0 Å². The molecule has 0 atom stereocenters. The molecule has 4 nitrogen and oxygen atoms in total. The van der Waals surface area contributed by atoms with E-state index >= 15 is 0 Å². The number of ether oxygens (including phenoxy) is 1. The fourth-order valence-corrected chi connectivity index (χ4v) is 2.07. The van der Waals surface area contributed by atoms with Gasteiger partial charge < -0.3 is 15.4 Å². The third kappa shape index (κ3) is 4.22. The number of benzene rings is 2. The highest BCUT2D eigenvalue weighted by molar-refractivity contribution is 5.79. The average Bonchev–Trinajstić information content (AvgIpc) is 2.56. The summed E-state index contributed by atoms with van der Waals surface area (Å²) in [5.74, 6) is 1.20. The lowest BCUT2D eigenvalue weighted by molar-refractivity contribution is 0.409. The predicted molar refractivity (Wildman–Crippen MR) is 86.4 cm³/mol. The molecule has 5 heteroatoms. The monoisotopic (exact) mass is 301 g/mol. The zero-order valence-electron chi connectivity index (χ0n) is 12.8. The predicted octanol–water partition coefficient (Wildman–Crippen LogP) is 2.70. The number of halogens is 1. The molecule has 2 aromatic rings. The smallest absolute Gasteiger partial charge is 0.191 e. The molecular formula is C17H20FN3O. The molecule has 22 heavy (non-hydrogen) atoms. The zero-order chi connectivity index (χ0) is 15.8. The first-order valence-electron chi connectivity index (χ1n) is 7.04. The second-order valence-corrected chi connectivity index (χ2v) is 4.68. The molecule has 2 N–H and O–H groups in total.